The molecule has 0 aliphatic heterocycles. The van der Waals surface area contributed by atoms with Crippen LogP contribution >= 0.6 is 0 Å². The molecule has 1 aromatic carbocycles. The highest BCUT2D eigenvalue weighted by Crippen LogP contribution is 2.10. The largest absolute Gasteiger partial charge is 0.480 e. The number of azo groups is 1. The van der Waals surface area contributed by atoms with Crippen molar-refractivity contribution in [1.82, 2.24) is 0 Å². The number of nitrogens with zero attached hydrogens (tertiary/aromatic N) is 2. The molecule has 0 aliphatic carbocycles. The second-order valence-corrected chi connectivity index (χ2v) is 2.57. The van der Waals surface area contributed by atoms with E-state index >= 15 is 0 Å². The Bertz CT molecular complexity index is 309. The zero-order chi connectivity index (χ0) is 9.68. The molecule has 1 aromatic rings. The van der Waals surface area contributed by atoms with Crippen LogP contribution in [0, 0.1) is 0 Å². The molecular weight excluding hydrogens is 168 g/mol. The number of carbonyl (C=O) groups is 1. The maximum atomic E-state index is 10.4. The molecule has 0 spiro atoms. The predicted molar refractivity (Wildman–Crippen MR) is 48.1 cm³/mol. The molecule has 0 heterocycles. The van der Waals surface area contributed by atoms with Crippen LogP contribution in [0.2, 0.25) is 0 Å². The van der Waals surface area contributed by atoms with E-state index in [0.29, 0.717) is 5.69 Å². The Labute approximate surface area is 75.9 Å². The van der Waals surface area contributed by atoms with Crippen LogP contribution in [0.25, 0.3) is 0 Å². The van der Waals surface area contributed by atoms with Crippen molar-refractivity contribution in [2.75, 3.05) is 0 Å². The molecule has 13 heavy (non-hydrogen) atoms. The minimum Gasteiger partial charge on any atom is -0.480 e. The molecule has 68 valence electrons. The van der Waals surface area contributed by atoms with Crippen molar-refractivity contribution in [3.63, 3.8) is 0 Å². The van der Waals surface area contributed by atoms with Crippen LogP contribution in [0.5, 0.6) is 0 Å². The highest BCUT2D eigenvalue weighted by atomic mass is 16.4. The number of aliphatic carboxylic acids is 1. The van der Waals surface area contributed by atoms with E-state index in [-0.39, 0.29) is 0 Å². The van der Waals surface area contributed by atoms with Gasteiger partial charge in [0.05, 0.1) is 5.69 Å². The summed E-state index contributed by atoms with van der Waals surface area (Å²) in [6.07, 6.45) is 0. The monoisotopic (exact) mass is 178 g/mol. The van der Waals surface area contributed by atoms with Crippen molar-refractivity contribution in [1.29, 1.82) is 0 Å². The van der Waals surface area contributed by atoms with Gasteiger partial charge in [0.25, 0.3) is 0 Å². The highest BCUT2D eigenvalue weighted by Gasteiger charge is 2.07. The number of hydrogen-bond acceptors (Lipinski definition) is 3. The van der Waals surface area contributed by atoms with Crippen molar-refractivity contribution >= 4 is 11.7 Å². The SMILES string of the molecule is CC(N=Nc1ccccc1)C(=O)O. The van der Waals surface area contributed by atoms with Gasteiger partial charge in [0.2, 0.25) is 0 Å². The van der Waals surface area contributed by atoms with Crippen LogP contribution in [0.4, 0.5) is 5.69 Å². The van der Waals surface area contributed by atoms with E-state index in [1.807, 2.05) is 18.2 Å². The summed E-state index contributed by atoms with van der Waals surface area (Å²) in [5.74, 6) is -0.973. The first-order valence-electron chi connectivity index (χ1n) is 3.89. The second-order valence-electron chi connectivity index (χ2n) is 2.57. The Morgan fingerprint density at radius 2 is 2.00 bits per heavy atom. The number of carboxylic acid groups (broad SMARTS) is 1. The summed E-state index contributed by atoms with van der Waals surface area (Å²) in [5.41, 5.74) is 0.663. The van der Waals surface area contributed by atoms with E-state index < -0.39 is 12.0 Å². The molecule has 0 fully saturated rings. The molecule has 0 bridgehead atoms. The van der Waals surface area contributed by atoms with Gasteiger partial charge in [-0.1, -0.05) is 18.2 Å². The molecule has 1 unspecified atom stereocenters. The molecular formula is C9H10N2O2. The number of carboxylic acids is 1. The fraction of sp³-hybridized carbons (Fsp3) is 0.222. The molecule has 0 amide bonds. The van der Waals surface area contributed by atoms with Gasteiger partial charge in [-0.25, -0.2) is 4.79 Å². The molecule has 4 heteroatoms. The van der Waals surface area contributed by atoms with E-state index in [9.17, 15) is 4.79 Å². The fourth-order valence-electron chi connectivity index (χ4n) is 0.697. The third-order valence-electron chi connectivity index (χ3n) is 1.46. The van der Waals surface area contributed by atoms with E-state index in [2.05, 4.69) is 10.2 Å². The summed E-state index contributed by atoms with van der Waals surface area (Å²) in [7, 11) is 0. The minimum absolute atomic E-state index is 0.663. The van der Waals surface area contributed by atoms with Gasteiger partial charge in [-0.15, -0.1) is 0 Å². The van der Waals surface area contributed by atoms with E-state index in [1.165, 1.54) is 6.92 Å². The van der Waals surface area contributed by atoms with Crippen molar-refractivity contribution in [2.24, 2.45) is 10.2 Å². The van der Waals surface area contributed by atoms with Crippen LogP contribution in [-0.2, 0) is 4.79 Å². The molecule has 1 rings (SSSR count). The molecule has 0 aromatic heterocycles. The maximum Gasteiger partial charge on any atom is 0.330 e. The highest BCUT2D eigenvalue weighted by molar-refractivity contribution is 5.72. The topological polar surface area (TPSA) is 62.0 Å². The predicted octanol–water partition coefficient (Wildman–Crippen LogP) is 2.24. The third kappa shape index (κ3) is 3.02. The first-order chi connectivity index (χ1) is 6.20. The zero-order valence-electron chi connectivity index (χ0n) is 7.21. The molecule has 0 aliphatic rings. The van der Waals surface area contributed by atoms with Crippen LogP contribution in [0.15, 0.2) is 40.6 Å². The fourth-order valence-corrected chi connectivity index (χ4v) is 0.697. The lowest BCUT2D eigenvalue weighted by molar-refractivity contribution is -0.138. The molecule has 0 saturated carbocycles. The lowest BCUT2D eigenvalue weighted by Crippen LogP contribution is -2.11. The Hall–Kier alpha value is -1.71. The standard InChI is InChI=1S/C9H10N2O2/c1-7(9(12)13)10-11-8-5-3-2-4-6-8/h2-7H,1H3,(H,12,13). The first kappa shape index (κ1) is 9.38. The molecule has 0 saturated heterocycles. The Balaban J connectivity index is 2.64. The summed E-state index contributed by atoms with van der Waals surface area (Å²) < 4.78 is 0. The second kappa shape index (κ2) is 4.35. The summed E-state index contributed by atoms with van der Waals surface area (Å²) in [4.78, 5) is 10.4. The average molecular weight is 178 g/mol. The quantitative estimate of drug-likeness (QED) is 0.721. The van der Waals surface area contributed by atoms with Crippen molar-refractivity contribution in [3.8, 4) is 0 Å². The van der Waals surface area contributed by atoms with Gasteiger partial charge in [-0.05, 0) is 19.1 Å². The maximum absolute atomic E-state index is 10.4. The molecule has 4 nitrogen and oxygen atoms in total. The van der Waals surface area contributed by atoms with Crippen LogP contribution < -0.4 is 0 Å². The van der Waals surface area contributed by atoms with E-state index in [1.54, 1.807) is 12.1 Å². The van der Waals surface area contributed by atoms with E-state index in [4.69, 9.17) is 5.11 Å². The van der Waals surface area contributed by atoms with Crippen molar-refractivity contribution < 1.29 is 9.90 Å². The number of benzene rings is 1. The first-order valence-corrected chi connectivity index (χ1v) is 3.89. The van der Waals surface area contributed by atoms with Crippen LogP contribution in [0.1, 0.15) is 6.92 Å². The lowest BCUT2D eigenvalue weighted by Gasteiger charge is -1.95. The van der Waals surface area contributed by atoms with Crippen LogP contribution in [0.3, 0.4) is 0 Å². The van der Waals surface area contributed by atoms with Gasteiger partial charge in [0.15, 0.2) is 6.04 Å². The van der Waals surface area contributed by atoms with Gasteiger partial charge in [0.1, 0.15) is 0 Å². The summed E-state index contributed by atoms with van der Waals surface area (Å²) in [6, 6.07) is 8.23. The van der Waals surface area contributed by atoms with Gasteiger partial charge in [-0.2, -0.15) is 10.2 Å². The van der Waals surface area contributed by atoms with Crippen molar-refractivity contribution in [2.45, 2.75) is 13.0 Å². The van der Waals surface area contributed by atoms with Crippen LogP contribution in [-0.4, -0.2) is 17.1 Å². The molecule has 1 N–H and O–H groups in total. The summed E-state index contributed by atoms with van der Waals surface area (Å²) >= 11 is 0. The number of hydrogen-bond donors (Lipinski definition) is 1. The number of rotatable bonds is 3. The minimum atomic E-state index is -0.973. The normalized spacial score (nSPS) is 13.0. The molecule has 0 radical (unpaired) electrons. The zero-order valence-corrected chi connectivity index (χ0v) is 7.21. The summed E-state index contributed by atoms with van der Waals surface area (Å²) in [6.45, 7) is 1.48. The van der Waals surface area contributed by atoms with Crippen molar-refractivity contribution in [3.05, 3.63) is 30.3 Å². The third-order valence-corrected chi connectivity index (χ3v) is 1.46. The smallest absolute Gasteiger partial charge is 0.330 e. The summed E-state index contributed by atoms with van der Waals surface area (Å²) in [5, 5.41) is 15.9. The lowest BCUT2D eigenvalue weighted by atomic mass is 10.3. The molecule has 1 atom stereocenters. The van der Waals surface area contributed by atoms with Gasteiger partial charge < -0.3 is 5.11 Å². The average Bonchev–Trinajstić information content (AvgIpc) is 2.15. The Morgan fingerprint density at radius 1 is 1.38 bits per heavy atom. The van der Waals surface area contributed by atoms with Gasteiger partial charge in [0, 0.05) is 0 Å². The Kier molecular flexibility index (Phi) is 3.14. The van der Waals surface area contributed by atoms with E-state index in [0.717, 1.165) is 0 Å². The van der Waals surface area contributed by atoms with Gasteiger partial charge >= 0.3 is 5.97 Å². The Morgan fingerprint density at radius 3 is 2.54 bits per heavy atom. The van der Waals surface area contributed by atoms with Gasteiger partial charge in [-0.3, -0.25) is 0 Å².